The van der Waals surface area contributed by atoms with E-state index in [9.17, 15) is 18.3 Å². The molecule has 6 heteroatoms. The summed E-state index contributed by atoms with van der Waals surface area (Å²) >= 11 is 3.25. The van der Waals surface area contributed by atoms with Crippen molar-refractivity contribution in [1.82, 2.24) is 5.32 Å². The van der Waals surface area contributed by atoms with Crippen LogP contribution in [-0.4, -0.2) is 17.8 Å². The minimum Gasteiger partial charge on any atom is -0.508 e. The molecular weight excluding hydrogens is 287 g/mol. The first-order chi connectivity index (χ1) is 7.38. The molecule has 0 aliphatic carbocycles. The molecule has 0 spiro atoms. The number of halogens is 4. The van der Waals surface area contributed by atoms with Crippen molar-refractivity contribution < 1.29 is 18.3 Å². The van der Waals surface area contributed by atoms with Crippen LogP contribution >= 0.6 is 15.9 Å². The van der Waals surface area contributed by atoms with Gasteiger partial charge in [0.15, 0.2) is 0 Å². The predicted octanol–water partition coefficient (Wildman–Crippen LogP) is 3.20. The van der Waals surface area contributed by atoms with E-state index in [0.717, 1.165) is 10.0 Å². The van der Waals surface area contributed by atoms with Crippen molar-refractivity contribution in [3.63, 3.8) is 0 Å². The fraction of sp³-hybridized carbons (Fsp3) is 0.400. The average Bonchev–Trinajstić information content (AvgIpc) is 2.16. The normalized spacial score (nSPS) is 11.8. The van der Waals surface area contributed by atoms with E-state index in [1.807, 2.05) is 0 Å². The molecule has 0 radical (unpaired) electrons. The first kappa shape index (κ1) is 13.3. The largest absolute Gasteiger partial charge is 0.508 e. The molecule has 0 saturated carbocycles. The summed E-state index contributed by atoms with van der Waals surface area (Å²) in [6.07, 6.45) is -4.99. The van der Waals surface area contributed by atoms with Crippen molar-refractivity contribution in [3.05, 3.63) is 28.2 Å². The standard InChI is InChI=1S/C10H11BrF3NO/c11-9-2-1-8(16)5-7(9)6-15-4-3-10(12,13)14/h1-2,5,15-16H,3-4,6H2. The minimum atomic E-state index is -4.14. The second-order valence-electron chi connectivity index (χ2n) is 3.32. The van der Waals surface area contributed by atoms with E-state index < -0.39 is 12.6 Å². The summed E-state index contributed by atoms with van der Waals surface area (Å²) in [5, 5.41) is 11.9. The van der Waals surface area contributed by atoms with Crippen LogP contribution < -0.4 is 5.32 Å². The van der Waals surface area contributed by atoms with Crippen LogP contribution in [0.1, 0.15) is 12.0 Å². The van der Waals surface area contributed by atoms with Gasteiger partial charge in [-0.25, -0.2) is 0 Å². The van der Waals surface area contributed by atoms with Gasteiger partial charge in [0.05, 0.1) is 6.42 Å². The van der Waals surface area contributed by atoms with Crippen LogP contribution in [0.4, 0.5) is 13.2 Å². The lowest BCUT2D eigenvalue weighted by Gasteiger charge is -2.09. The van der Waals surface area contributed by atoms with Crippen molar-refractivity contribution in [2.45, 2.75) is 19.1 Å². The lowest BCUT2D eigenvalue weighted by atomic mass is 10.2. The van der Waals surface area contributed by atoms with Gasteiger partial charge in [0.25, 0.3) is 0 Å². The van der Waals surface area contributed by atoms with Gasteiger partial charge in [-0.05, 0) is 23.8 Å². The van der Waals surface area contributed by atoms with E-state index in [0.29, 0.717) is 0 Å². The summed E-state index contributed by atoms with van der Waals surface area (Å²) < 4.78 is 36.3. The molecular formula is C10H11BrF3NO. The van der Waals surface area contributed by atoms with Gasteiger partial charge in [-0.15, -0.1) is 0 Å². The highest BCUT2D eigenvalue weighted by Crippen LogP contribution is 2.22. The Morgan fingerprint density at radius 1 is 1.31 bits per heavy atom. The Morgan fingerprint density at radius 2 is 2.00 bits per heavy atom. The molecule has 0 aliphatic heterocycles. The molecule has 0 fully saturated rings. The monoisotopic (exact) mass is 297 g/mol. The van der Waals surface area contributed by atoms with Crippen LogP contribution in [0.3, 0.4) is 0 Å². The number of aromatic hydroxyl groups is 1. The highest BCUT2D eigenvalue weighted by atomic mass is 79.9. The van der Waals surface area contributed by atoms with E-state index >= 15 is 0 Å². The van der Waals surface area contributed by atoms with Gasteiger partial charge in [-0.3, -0.25) is 0 Å². The summed E-state index contributed by atoms with van der Waals surface area (Å²) in [5.74, 6) is 0.0934. The van der Waals surface area contributed by atoms with Gasteiger partial charge < -0.3 is 10.4 Å². The number of benzene rings is 1. The molecule has 1 aromatic carbocycles. The van der Waals surface area contributed by atoms with Crippen LogP contribution in [0.2, 0.25) is 0 Å². The molecule has 0 aliphatic rings. The van der Waals surface area contributed by atoms with E-state index in [1.165, 1.54) is 12.1 Å². The molecule has 0 atom stereocenters. The average molecular weight is 298 g/mol. The topological polar surface area (TPSA) is 32.3 Å². The van der Waals surface area contributed by atoms with Crippen LogP contribution in [0, 0.1) is 0 Å². The summed E-state index contributed by atoms with van der Waals surface area (Å²) in [5.41, 5.74) is 0.724. The van der Waals surface area contributed by atoms with Gasteiger partial charge in [0, 0.05) is 17.6 Å². The highest BCUT2D eigenvalue weighted by Gasteiger charge is 2.25. The summed E-state index contributed by atoms with van der Waals surface area (Å²) in [6.45, 7) is 0.149. The van der Waals surface area contributed by atoms with E-state index in [2.05, 4.69) is 21.2 Å². The highest BCUT2D eigenvalue weighted by molar-refractivity contribution is 9.10. The Bertz CT molecular complexity index is 354. The van der Waals surface area contributed by atoms with E-state index in [-0.39, 0.29) is 18.8 Å². The van der Waals surface area contributed by atoms with Crippen molar-refractivity contribution in [2.75, 3.05) is 6.54 Å². The number of phenols is 1. The number of rotatable bonds is 4. The van der Waals surface area contributed by atoms with Gasteiger partial charge in [0.1, 0.15) is 5.75 Å². The molecule has 0 aromatic heterocycles. The summed E-state index contributed by atoms with van der Waals surface area (Å²) in [4.78, 5) is 0. The van der Waals surface area contributed by atoms with Crippen molar-refractivity contribution >= 4 is 15.9 Å². The van der Waals surface area contributed by atoms with E-state index in [4.69, 9.17) is 0 Å². The smallest absolute Gasteiger partial charge is 0.390 e. The fourth-order valence-corrected chi connectivity index (χ4v) is 1.54. The molecule has 2 N–H and O–H groups in total. The molecule has 0 unspecified atom stereocenters. The fourth-order valence-electron chi connectivity index (χ4n) is 1.15. The Kier molecular flexibility index (Phi) is 4.61. The molecule has 0 heterocycles. The quantitative estimate of drug-likeness (QED) is 0.837. The van der Waals surface area contributed by atoms with Gasteiger partial charge in [-0.2, -0.15) is 13.2 Å². The third-order valence-corrected chi connectivity index (χ3v) is 2.70. The first-order valence-corrected chi connectivity index (χ1v) is 5.42. The SMILES string of the molecule is Oc1ccc(Br)c(CNCCC(F)(F)F)c1. The van der Waals surface area contributed by atoms with Crippen molar-refractivity contribution in [2.24, 2.45) is 0 Å². The molecule has 90 valence electrons. The number of phenolic OH excluding ortho intramolecular Hbond substituents is 1. The predicted molar refractivity (Wildman–Crippen MR) is 58.2 cm³/mol. The van der Waals surface area contributed by atoms with Gasteiger partial charge in [-0.1, -0.05) is 15.9 Å². The van der Waals surface area contributed by atoms with Gasteiger partial charge in [0.2, 0.25) is 0 Å². The maximum absolute atomic E-state index is 11.8. The Hall–Kier alpha value is -0.750. The summed E-state index contributed by atoms with van der Waals surface area (Å²) in [6, 6.07) is 4.66. The Labute approximate surface area is 99.6 Å². The number of alkyl halides is 3. The molecule has 0 bridgehead atoms. The lowest BCUT2D eigenvalue weighted by Crippen LogP contribution is -2.21. The maximum atomic E-state index is 11.8. The van der Waals surface area contributed by atoms with Crippen molar-refractivity contribution in [3.8, 4) is 5.75 Å². The molecule has 0 amide bonds. The number of hydrogen-bond donors (Lipinski definition) is 2. The van der Waals surface area contributed by atoms with Crippen LogP contribution in [0.5, 0.6) is 5.75 Å². The molecule has 16 heavy (non-hydrogen) atoms. The molecule has 1 rings (SSSR count). The van der Waals surface area contributed by atoms with Crippen LogP contribution in [-0.2, 0) is 6.54 Å². The zero-order valence-corrected chi connectivity index (χ0v) is 9.90. The Balaban J connectivity index is 2.40. The molecule has 2 nitrogen and oxygen atoms in total. The van der Waals surface area contributed by atoms with Gasteiger partial charge >= 0.3 is 6.18 Å². The molecule has 0 saturated heterocycles. The van der Waals surface area contributed by atoms with Crippen LogP contribution in [0.25, 0.3) is 0 Å². The molecule has 1 aromatic rings. The maximum Gasteiger partial charge on any atom is 0.390 e. The third kappa shape index (κ3) is 4.85. The van der Waals surface area contributed by atoms with E-state index in [1.54, 1.807) is 6.07 Å². The van der Waals surface area contributed by atoms with Crippen LogP contribution in [0.15, 0.2) is 22.7 Å². The zero-order valence-electron chi connectivity index (χ0n) is 8.31. The number of nitrogens with one attached hydrogen (secondary N) is 1. The first-order valence-electron chi connectivity index (χ1n) is 4.63. The zero-order chi connectivity index (χ0) is 12.2. The Morgan fingerprint density at radius 3 is 2.62 bits per heavy atom. The van der Waals surface area contributed by atoms with Crippen molar-refractivity contribution in [1.29, 1.82) is 0 Å². The summed E-state index contributed by atoms with van der Waals surface area (Å²) in [7, 11) is 0. The third-order valence-electron chi connectivity index (χ3n) is 1.93. The second kappa shape index (κ2) is 5.54. The number of hydrogen-bond acceptors (Lipinski definition) is 2. The minimum absolute atomic E-state index is 0.0934. The second-order valence-corrected chi connectivity index (χ2v) is 4.17. The lowest BCUT2D eigenvalue weighted by molar-refractivity contribution is -0.133.